The van der Waals surface area contributed by atoms with Gasteiger partial charge in [0.2, 0.25) is 0 Å². The second-order valence-electron chi connectivity index (χ2n) is 3.54. The number of hydrogen-bond donors (Lipinski definition) is 0. The van der Waals surface area contributed by atoms with Crippen molar-refractivity contribution in [1.82, 2.24) is 0 Å². The van der Waals surface area contributed by atoms with Gasteiger partial charge in [-0.05, 0) is 20.8 Å². The second-order valence-corrected chi connectivity index (χ2v) is 5.84. The Morgan fingerprint density at radius 2 is 0.438 bits per heavy atom. The van der Waals surface area contributed by atoms with Crippen LogP contribution in [0.3, 0.4) is 0 Å². The average molecular weight is 816 g/mol. The van der Waals surface area contributed by atoms with Crippen molar-refractivity contribution >= 4 is 53.1 Å². The minimum Gasteiger partial charge on any atom is -0.152 e. The van der Waals surface area contributed by atoms with Gasteiger partial charge in [0.15, 0.2) is 0 Å². The monoisotopic (exact) mass is 816 g/mol. The van der Waals surface area contributed by atoms with Crippen LogP contribution >= 0.6 is 53.1 Å². The van der Waals surface area contributed by atoms with Gasteiger partial charge in [0.25, 0.3) is 0 Å². The van der Waals surface area contributed by atoms with Gasteiger partial charge in [-0.25, -0.2) is 0 Å². The first-order valence-electron chi connectivity index (χ1n) is 5.08. The van der Waals surface area contributed by atoms with Gasteiger partial charge in [-0.3, -0.25) is 0 Å². The third kappa shape index (κ3) is 1180. The van der Waals surface area contributed by atoms with Crippen molar-refractivity contribution in [2.45, 2.75) is 20.8 Å². The van der Waals surface area contributed by atoms with Gasteiger partial charge in [0, 0.05) is 44.4 Å². The van der Waals surface area contributed by atoms with Gasteiger partial charge in [-0.1, -0.05) is 0 Å². The molecule has 0 fully saturated rings. The Morgan fingerprint density at radius 3 is 0.438 bits per heavy atom. The van der Waals surface area contributed by atoms with E-state index in [1.54, 1.807) is 0 Å². The predicted octanol–water partition coefficient (Wildman–Crippen LogP) is 14.4. The summed E-state index contributed by atoms with van der Waals surface area (Å²) >= 11 is 0. The maximum atomic E-state index is 9.73. The molecule has 0 aromatic carbocycles. The van der Waals surface area contributed by atoms with E-state index in [0.717, 1.165) is 0 Å². The molecule has 0 saturated carbocycles. The molecule has 0 aliphatic carbocycles. The Hall–Kier alpha value is 2.13. The Morgan fingerprint density at radius 1 is 0.406 bits per heavy atom. The van der Waals surface area contributed by atoms with Crippen molar-refractivity contribution < 1.29 is 115 Å². The standard InChI is InChI=1S/C6H10.6F3P.2Rh/c1-5-6(2,3)4;6*1-4(2)3;;/h1H,2-4H3;;;;;;;;. The van der Waals surface area contributed by atoms with Crippen LogP contribution in [0.4, 0.5) is 75.5 Å². The molecule has 32 heavy (non-hydrogen) atoms. The van der Waals surface area contributed by atoms with Crippen LogP contribution < -0.4 is 0 Å². The van der Waals surface area contributed by atoms with Gasteiger partial charge in [-0.15, -0.1) is 12.3 Å². The van der Waals surface area contributed by atoms with Crippen LogP contribution in [0.5, 0.6) is 0 Å². The summed E-state index contributed by atoms with van der Waals surface area (Å²) in [6.45, 7) is 6.02. The van der Waals surface area contributed by atoms with E-state index in [2.05, 4.69) is 5.92 Å². The van der Waals surface area contributed by atoms with E-state index in [-0.39, 0.29) is 44.4 Å². The van der Waals surface area contributed by atoms with E-state index >= 15 is 0 Å². The van der Waals surface area contributed by atoms with Crippen molar-refractivity contribution in [3.8, 4) is 12.3 Å². The van der Waals surface area contributed by atoms with Gasteiger partial charge in [-0.2, -0.15) is 75.5 Å². The predicted molar refractivity (Wildman–Crippen MR) is 89.8 cm³/mol. The van der Waals surface area contributed by atoms with Crippen LogP contribution in [0.1, 0.15) is 20.8 Å². The first kappa shape index (κ1) is 59.3. The minimum atomic E-state index is -4.12. The van der Waals surface area contributed by atoms with Gasteiger partial charge >= 0.3 is 53.1 Å². The molecule has 208 valence electrons. The molecule has 0 aromatic heterocycles. The number of rotatable bonds is 0. The molecule has 0 aliphatic rings. The van der Waals surface area contributed by atoms with Crippen molar-refractivity contribution in [3.05, 3.63) is 0 Å². The van der Waals surface area contributed by atoms with E-state index in [1.165, 1.54) is 0 Å². The fourth-order valence-electron chi connectivity index (χ4n) is 0. The summed E-state index contributed by atoms with van der Waals surface area (Å²) in [5.41, 5.74) is 0.0694. The molecule has 2 radical (unpaired) electrons. The van der Waals surface area contributed by atoms with E-state index in [9.17, 15) is 75.5 Å². The van der Waals surface area contributed by atoms with Gasteiger partial charge in [0.1, 0.15) is 0 Å². The summed E-state index contributed by atoms with van der Waals surface area (Å²) in [5, 5.41) is 0. The van der Waals surface area contributed by atoms with Crippen LogP contribution in [0.15, 0.2) is 0 Å². The smallest absolute Gasteiger partial charge is 0.152 e. The molecule has 0 nitrogen and oxygen atoms in total. The molecule has 0 atom stereocenters. The quantitative estimate of drug-likeness (QED) is 0.0989. The van der Waals surface area contributed by atoms with Crippen LogP contribution in [-0.4, -0.2) is 0 Å². The molecule has 0 aromatic rings. The van der Waals surface area contributed by atoms with Gasteiger partial charge < -0.3 is 0 Å². The number of halogens is 18. The fourth-order valence-corrected chi connectivity index (χ4v) is 0. The number of hydrogen-bond acceptors (Lipinski definition) is 0. The maximum absolute atomic E-state index is 9.73. The normalized spacial score (nSPS) is 8.69. The average Bonchev–Trinajstić information content (AvgIpc) is 2.33. The van der Waals surface area contributed by atoms with E-state index in [0.29, 0.717) is 0 Å². The number of terminal acetylenes is 1. The van der Waals surface area contributed by atoms with Crippen LogP contribution in [-0.2, 0) is 39.0 Å². The first-order valence-corrected chi connectivity index (χ1v) is 11.2. The zero-order valence-corrected chi connectivity index (χ0v) is 23.4. The molecule has 26 heteroatoms. The Kier molecular flexibility index (Phi) is 86.1. The van der Waals surface area contributed by atoms with Crippen molar-refractivity contribution in [1.29, 1.82) is 0 Å². The summed E-state index contributed by atoms with van der Waals surface area (Å²) in [4.78, 5) is 0. The third-order valence-electron chi connectivity index (χ3n) is 0.433. The molecule has 0 saturated heterocycles. The van der Waals surface area contributed by atoms with Gasteiger partial charge in [0.05, 0.1) is 0 Å². The molecule has 0 unspecified atom stereocenters. The van der Waals surface area contributed by atoms with E-state index in [4.69, 9.17) is 6.42 Å². The molecular weight excluding hydrogens is 806 g/mol. The zero-order valence-electron chi connectivity index (χ0n) is 14.7. The summed E-state index contributed by atoms with van der Waals surface area (Å²) in [7, 11) is -24.7. The molecule has 0 aliphatic heterocycles. The minimum absolute atomic E-state index is 0. The Balaban J connectivity index is -0.0000000274. The largest absolute Gasteiger partial charge is 0.456 e. The van der Waals surface area contributed by atoms with E-state index in [1.807, 2.05) is 20.8 Å². The van der Waals surface area contributed by atoms with Crippen molar-refractivity contribution in [2.75, 3.05) is 0 Å². The van der Waals surface area contributed by atoms with Crippen molar-refractivity contribution in [3.63, 3.8) is 0 Å². The second kappa shape index (κ2) is 46.5. The molecule has 0 rings (SSSR count). The van der Waals surface area contributed by atoms with E-state index < -0.39 is 53.1 Å². The summed E-state index contributed by atoms with van der Waals surface area (Å²) in [5.74, 6) is 2.60. The molecule has 0 amide bonds. The molecular formula is C6H10F18P6Rh2. The fraction of sp³-hybridized carbons (Fsp3) is 0.667. The van der Waals surface area contributed by atoms with Crippen LogP contribution in [0.2, 0.25) is 0 Å². The van der Waals surface area contributed by atoms with Crippen LogP contribution in [0, 0.1) is 17.8 Å². The molecule has 0 N–H and O–H groups in total. The molecule has 0 spiro atoms. The topological polar surface area (TPSA) is 0 Å². The zero-order chi connectivity index (χ0) is 26.7. The van der Waals surface area contributed by atoms with Crippen LogP contribution in [0.25, 0.3) is 0 Å². The molecule has 0 bridgehead atoms. The first-order chi connectivity index (χ1) is 13.0. The SMILES string of the molecule is C#CC(C)(C)C.FP(F)F.FP(F)F.FP(F)F.FP(F)F.FP(F)F.FP(F)F.[Rh].[Rh]. The summed E-state index contributed by atoms with van der Waals surface area (Å²) in [6, 6.07) is 0. The molecule has 0 heterocycles. The summed E-state index contributed by atoms with van der Waals surface area (Å²) in [6.07, 6.45) is 5.06. The Labute approximate surface area is 206 Å². The Bertz CT molecular complexity index is 252. The maximum Gasteiger partial charge on any atom is 0.456 e. The third-order valence-corrected chi connectivity index (χ3v) is 0.433. The summed E-state index contributed by atoms with van der Waals surface area (Å²) < 4.78 is 175. The van der Waals surface area contributed by atoms with Crippen molar-refractivity contribution in [2.24, 2.45) is 5.41 Å².